The molecule has 0 unspecified atom stereocenters. The smallest absolute Gasteiger partial charge is 0.332 e. The van der Waals surface area contributed by atoms with E-state index in [0.29, 0.717) is 31.6 Å². The average Bonchev–Trinajstić information content (AvgIpc) is 3.25. The van der Waals surface area contributed by atoms with Crippen molar-refractivity contribution in [2.45, 2.75) is 51.7 Å². The van der Waals surface area contributed by atoms with Crippen molar-refractivity contribution in [3.05, 3.63) is 31.3 Å². The van der Waals surface area contributed by atoms with Crippen molar-refractivity contribution in [2.24, 2.45) is 4.99 Å². The maximum atomic E-state index is 13.5. The third kappa shape index (κ3) is 3.54. The fourth-order valence-electron chi connectivity index (χ4n) is 4.25. The molecule has 1 aliphatic carbocycles. The molecule has 2 N–H and O–H groups in total. The molecule has 1 saturated carbocycles. The monoisotopic (exact) mass is 546 g/mol. The first-order chi connectivity index (χ1) is 14.4. The molecule has 164 valence electrons. The van der Waals surface area contributed by atoms with Crippen LogP contribution in [0.5, 0.6) is 0 Å². The molecule has 30 heavy (non-hydrogen) atoms. The number of fused-ring (bicyclic) bond motifs is 1. The summed E-state index contributed by atoms with van der Waals surface area (Å²) in [5, 5.41) is 0.650. The molecule has 2 aliphatic rings. The molecule has 11 heteroatoms. The van der Waals surface area contributed by atoms with Gasteiger partial charge in [0.2, 0.25) is 5.96 Å². The summed E-state index contributed by atoms with van der Waals surface area (Å²) in [5.41, 5.74) is 0.136. The van der Waals surface area contributed by atoms with Crippen LogP contribution in [0.1, 0.15) is 36.6 Å². The summed E-state index contributed by atoms with van der Waals surface area (Å²) >= 11 is 0.659. The predicted octanol–water partition coefficient (Wildman–Crippen LogP) is 2.49. The van der Waals surface area contributed by atoms with Crippen molar-refractivity contribution < 1.29 is 4.74 Å². The van der Waals surface area contributed by atoms with Crippen molar-refractivity contribution >= 4 is 48.8 Å². The van der Waals surface area contributed by atoms with Crippen molar-refractivity contribution in [2.75, 3.05) is 26.8 Å². The summed E-state index contributed by atoms with van der Waals surface area (Å²) in [6.07, 6.45) is 2.74. The molecule has 9 nitrogen and oxygen atoms in total. The Morgan fingerprint density at radius 3 is 2.77 bits per heavy atom. The summed E-state index contributed by atoms with van der Waals surface area (Å²) in [6, 6.07) is 0. The molecular weight excluding hydrogens is 519 g/mol. The van der Waals surface area contributed by atoms with Gasteiger partial charge < -0.3 is 9.64 Å². The molecule has 0 saturated heterocycles. The highest BCUT2D eigenvalue weighted by molar-refractivity contribution is 14.1. The van der Waals surface area contributed by atoms with E-state index in [1.54, 1.807) is 11.7 Å². The fourth-order valence-corrected chi connectivity index (χ4v) is 6.34. The first-order valence-corrected chi connectivity index (χ1v) is 13.0. The summed E-state index contributed by atoms with van der Waals surface area (Å²) in [4.78, 5) is 35.2. The minimum Gasteiger partial charge on any atom is -0.383 e. The first kappa shape index (κ1) is 21.6. The number of aryl methyl sites for hydroxylation is 1. The third-order valence-electron chi connectivity index (χ3n) is 6.20. The lowest BCUT2D eigenvalue weighted by molar-refractivity contribution is 0.149. The fraction of sp³-hybridized carbons (Fsp3) is 0.632. The van der Waals surface area contributed by atoms with Crippen LogP contribution in [0.4, 0.5) is 0 Å². The van der Waals surface area contributed by atoms with Crippen molar-refractivity contribution in [1.29, 1.82) is 3.56 Å². The highest BCUT2D eigenvalue weighted by Gasteiger charge is 2.38. The van der Waals surface area contributed by atoms with Crippen molar-refractivity contribution in [3.8, 4) is 0 Å². The largest absolute Gasteiger partial charge is 0.383 e. The van der Waals surface area contributed by atoms with Gasteiger partial charge in [-0.1, -0.05) is 0 Å². The van der Waals surface area contributed by atoms with Gasteiger partial charge in [-0.3, -0.25) is 26.0 Å². The Morgan fingerprint density at radius 2 is 2.13 bits per heavy atom. The molecule has 4 rings (SSSR count). The number of hydrogen-bond donors (Lipinski definition) is 2. The molecule has 0 atom stereocenters. The molecule has 0 bridgehead atoms. The Labute approximate surface area is 189 Å². The molecule has 1 fully saturated rings. The topological polar surface area (TPSA) is 105 Å². The standard InChI is InChI=1S/C19H27IN6O3S/c1-12-13(11-24-8-7-22-17(24)23-20-21)30-16-14(12)15(27)26(19(2)5-4-6-19)18(28)25(16)9-10-29-3/h4-11H2,1-3H3,(H2,21,22,23). The molecule has 0 spiro atoms. The second-order valence-corrected chi connectivity index (χ2v) is 10.2. The predicted molar refractivity (Wildman–Crippen MR) is 127 cm³/mol. The number of ether oxygens (including phenoxy) is 1. The molecule has 0 aromatic carbocycles. The lowest BCUT2D eigenvalue weighted by Crippen LogP contribution is -2.53. The van der Waals surface area contributed by atoms with Crippen LogP contribution in [0.25, 0.3) is 10.2 Å². The Balaban J connectivity index is 1.86. The van der Waals surface area contributed by atoms with Crippen LogP contribution in [0.15, 0.2) is 14.6 Å². The third-order valence-corrected chi connectivity index (χ3v) is 8.25. The summed E-state index contributed by atoms with van der Waals surface area (Å²) in [6.45, 7) is 6.94. The summed E-state index contributed by atoms with van der Waals surface area (Å²) in [5.74, 6) is 0.769. The zero-order valence-electron chi connectivity index (χ0n) is 17.5. The van der Waals surface area contributed by atoms with Crippen LogP contribution in [0, 0.1) is 10.5 Å². The Kier molecular flexibility index (Phi) is 6.13. The van der Waals surface area contributed by atoms with Gasteiger partial charge in [-0.15, -0.1) is 11.3 Å². The molecule has 1 aliphatic heterocycles. The molecule has 0 amide bonds. The van der Waals surface area contributed by atoms with Gasteiger partial charge in [0.05, 0.1) is 31.6 Å². The van der Waals surface area contributed by atoms with Gasteiger partial charge in [-0.05, 0) is 38.7 Å². The molecule has 0 radical (unpaired) electrons. The summed E-state index contributed by atoms with van der Waals surface area (Å²) in [7, 11) is 1.62. The maximum Gasteiger partial charge on any atom is 0.332 e. The van der Waals surface area contributed by atoms with E-state index in [1.807, 2.05) is 13.8 Å². The van der Waals surface area contributed by atoms with Crippen LogP contribution in [0.3, 0.4) is 0 Å². The highest BCUT2D eigenvalue weighted by atomic mass is 127. The molecule has 2 aromatic heterocycles. The number of nitrogens with zero attached hydrogens (tertiary/aromatic N) is 4. The van der Waals surface area contributed by atoms with E-state index < -0.39 is 26.8 Å². The zero-order valence-corrected chi connectivity index (χ0v) is 20.4. The van der Waals surface area contributed by atoms with Crippen molar-refractivity contribution in [1.82, 2.24) is 17.6 Å². The number of aromatic nitrogens is 2. The number of halogens is 1. The number of methoxy groups -OCH3 is 1. The highest BCUT2D eigenvalue weighted by Crippen LogP contribution is 2.37. The van der Waals surface area contributed by atoms with E-state index in [9.17, 15) is 9.59 Å². The van der Waals surface area contributed by atoms with Gasteiger partial charge in [0.15, 0.2) is 0 Å². The maximum absolute atomic E-state index is 13.5. The molecule has 2 aromatic rings. The van der Waals surface area contributed by atoms with E-state index in [0.717, 1.165) is 47.0 Å². The second kappa shape index (κ2) is 8.50. The van der Waals surface area contributed by atoms with E-state index >= 15 is 0 Å². The SMILES string of the molecule is COCCn1c(=O)n(C2(C)CCC2)c(=O)c2c(C)c(CN3CCN=C3NI=N)sc21. The minimum absolute atomic E-state index is 0.170. The van der Waals surface area contributed by atoms with E-state index in [2.05, 4.69) is 13.4 Å². The Bertz CT molecular complexity index is 1130. The number of nitrogens with one attached hydrogen (secondary N) is 2. The molecule has 3 heterocycles. The lowest BCUT2D eigenvalue weighted by Gasteiger charge is -2.39. The van der Waals surface area contributed by atoms with Gasteiger partial charge in [0.1, 0.15) is 26.1 Å². The lowest BCUT2D eigenvalue weighted by atomic mass is 9.78. The van der Waals surface area contributed by atoms with Gasteiger partial charge in [-0.2, -0.15) is 0 Å². The van der Waals surface area contributed by atoms with Crippen LogP contribution >= 0.6 is 32.6 Å². The average molecular weight is 546 g/mol. The molecular formula is C19H27IN6O3S. The zero-order chi connectivity index (χ0) is 21.5. The van der Waals surface area contributed by atoms with Crippen LogP contribution in [-0.2, 0) is 23.4 Å². The quantitative estimate of drug-likeness (QED) is 0.410. The van der Waals surface area contributed by atoms with Crippen molar-refractivity contribution in [3.63, 3.8) is 0 Å². The summed E-state index contributed by atoms with van der Waals surface area (Å²) < 4.78 is 19.1. The van der Waals surface area contributed by atoms with Gasteiger partial charge >= 0.3 is 5.69 Å². The van der Waals surface area contributed by atoms with Crippen LogP contribution in [-0.4, -0.2) is 46.8 Å². The first-order valence-electron chi connectivity index (χ1n) is 10.0. The van der Waals surface area contributed by atoms with Gasteiger partial charge in [-0.25, -0.2) is 4.79 Å². The number of guanidine groups is 1. The van der Waals surface area contributed by atoms with E-state index in [1.165, 1.54) is 15.9 Å². The van der Waals surface area contributed by atoms with Crippen LogP contribution in [0.2, 0.25) is 0 Å². The number of aliphatic imine (C=N–C) groups is 1. The minimum atomic E-state index is -0.854. The number of thiophene rings is 1. The Hall–Kier alpha value is -1.60. The Morgan fingerprint density at radius 1 is 1.37 bits per heavy atom. The number of hydrogen-bond acceptors (Lipinski definition) is 7. The second-order valence-electron chi connectivity index (χ2n) is 8.06. The normalized spacial score (nSPS) is 18.0. The van der Waals surface area contributed by atoms with Gasteiger partial charge in [0.25, 0.3) is 5.56 Å². The van der Waals surface area contributed by atoms with Crippen LogP contribution < -0.4 is 14.8 Å². The van der Waals surface area contributed by atoms with Gasteiger partial charge in [0, 0.05) is 24.1 Å². The van der Waals surface area contributed by atoms with E-state index in [4.69, 9.17) is 8.30 Å². The number of rotatable bonds is 7. The van der Waals surface area contributed by atoms with E-state index in [-0.39, 0.29) is 11.2 Å².